The lowest BCUT2D eigenvalue weighted by Gasteiger charge is -2.37. The van der Waals surface area contributed by atoms with Gasteiger partial charge in [0, 0.05) is 34.6 Å². The number of hydrogen-bond acceptors (Lipinski definition) is 6. The molecule has 0 radical (unpaired) electrons. The zero-order valence-corrected chi connectivity index (χ0v) is 21.6. The topological polar surface area (TPSA) is 110 Å². The lowest BCUT2D eigenvalue weighted by atomic mass is 9.64. The van der Waals surface area contributed by atoms with Crippen LogP contribution in [0, 0.1) is 16.0 Å². The van der Waals surface area contributed by atoms with Crippen molar-refractivity contribution in [2.75, 3.05) is 10.2 Å². The summed E-state index contributed by atoms with van der Waals surface area (Å²) < 4.78 is 0. The maximum Gasteiger partial charge on any atom is 0.270 e. The van der Waals surface area contributed by atoms with Gasteiger partial charge in [-0.25, -0.2) is 0 Å². The summed E-state index contributed by atoms with van der Waals surface area (Å²) >= 11 is 0. The molecule has 3 heterocycles. The molecule has 200 valence electrons. The Bertz CT molecular complexity index is 1800. The van der Waals surface area contributed by atoms with Gasteiger partial charge >= 0.3 is 0 Å². The molecule has 1 amide bonds. The van der Waals surface area contributed by atoms with E-state index in [1.807, 2.05) is 59.5 Å². The van der Waals surface area contributed by atoms with Gasteiger partial charge < -0.3 is 10.2 Å². The van der Waals surface area contributed by atoms with Crippen LogP contribution in [-0.4, -0.2) is 34.5 Å². The molecule has 1 spiro atoms. The van der Waals surface area contributed by atoms with Gasteiger partial charge in [0.05, 0.1) is 16.9 Å². The van der Waals surface area contributed by atoms with E-state index in [1.54, 1.807) is 36.4 Å². The second kappa shape index (κ2) is 9.09. The number of para-hydroxylation sites is 2. The van der Waals surface area contributed by atoms with E-state index in [9.17, 15) is 24.5 Å². The summed E-state index contributed by atoms with van der Waals surface area (Å²) in [4.78, 5) is 56.5. The molecule has 4 aromatic carbocycles. The van der Waals surface area contributed by atoms with Gasteiger partial charge in [0.1, 0.15) is 11.5 Å². The SMILES string of the molecule is O=C(c1cccc([N+](=O)[O-])c1)[C@@H]1[C@H](C(=O)c2ccccc2)[C@@]2(C(=O)Nc3ccccc32)[C@H]2C=Cc3ccccc3N12. The van der Waals surface area contributed by atoms with Gasteiger partial charge in [-0.1, -0.05) is 91.0 Å². The van der Waals surface area contributed by atoms with Crippen LogP contribution in [0.4, 0.5) is 17.1 Å². The number of rotatable bonds is 5. The Morgan fingerprint density at radius 1 is 0.829 bits per heavy atom. The molecule has 1 N–H and O–H groups in total. The Morgan fingerprint density at radius 3 is 2.34 bits per heavy atom. The Labute approximate surface area is 235 Å². The molecule has 3 aliphatic heterocycles. The van der Waals surface area contributed by atoms with E-state index in [2.05, 4.69) is 5.32 Å². The van der Waals surface area contributed by atoms with Crippen LogP contribution in [0.25, 0.3) is 6.08 Å². The third kappa shape index (κ3) is 3.43. The maximum atomic E-state index is 14.6. The highest BCUT2D eigenvalue weighted by Gasteiger charge is 2.70. The van der Waals surface area contributed by atoms with Crippen molar-refractivity contribution in [3.05, 3.63) is 142 Å². The van der Waals surface area contributed by atoms with Crippen molar-refractivity contribution in [3.8, 4) is 0 Å². The fraction of sp³-hybridized carbons (Fsp3) is 0.121. The Balaban J connectivity index is 1.53. The summed E-state index contributed by atoms with van der Waals surface area (Å²) in [6, 6.07) is 27.2. The second-order valence-corrected chi connectivity index (χ2v) is 10.5. The van der Waals surface area contributed by atoms with Gasteiger partial charge in [-0.15, -0.1) is 0 Å². The number of hydrogen-bond donors (Lipinski definition) is 1. The predicted molar refractivity (Wildman–Crippen MR) is 154 cm³/mol. The first kappa shape index (κ1) is 24.7. The molecule has 0 bridgehead atoms. The molecular formula is C33H23N3O5. The number of fused-ring (bicyclic) bond motifs is 6. The van der Waals surface area contributed by atoms with Gasteiger partial charge in [-0.3, -0.25) is 24.5 Å². The fourth-order valence-corrected chi connectivity index (χ4v) is 6.85. The van der Waals surface area contributed by atoms with Crippen molar-refractivity contribution in [3.63, 3.8) is 0 Å². The Hall–Kier alpha value is -5.37. The molecular weight excluding hydrogens is 518 g/mol. The van der Waals surface area contributed by atoms with Crippen LogP contribution in [-0.2, 0) is 10.2 Å². The van der Waals surface area contributed by atoms with E-state index in [0.29, 0.717) is 22.5 Å². The summed E-state index contributed by atoms with van der Waals surface area (Å²) in [5, 5.41) is 14.6. The zero-order chi connectivity index (χ0) is 28.3. The Kier molecular flexibility index (Phi) is 5.47. The van der Waals surface area contributed by atoms with Crippen molar-refractivity contribution >= 4 is 40.6 Å². The van der Waals surface area contributed by atoms with E-state index in [1.165, 1.54) is 24.3 Å². The number of anilines is 2. The number of nitro benzene ring substituents is 1. The minimum absolute atomic E-state index is 0.101. The molecule has 0 aliphatic carbocycles. The smallest absolute Gasteiger partial charge is 0.270 e. The van der Waals surface area contributed by atoms with Crippen LogP contribution >= 0.6 is 0 Å². The molecule has 4 atom stereocenters. The highest BCUT2D eigenvalue weighted by molar-refractivity contribution is 6.18. The minimum atomic E-state index is -1.44. The van der Waals surface area contributed by atoms with Crippen molar-refractivity contribution in [2.45, 2.75) is 17.5 Å². The number of amides is 1. The van der Waals surface area contributed by atoms with Crippen LogP contribution in [0.1, 0.15) is 31.8 Å². The number of nitrogens with one attached hydrogen (secondary N) is 1. The zero-order valence-electron chi connectivity index (χ0n) is 21.6. The second-order valence-electron chi connectivity index (χ2n) is 10.5. The lowest BCUT2D eigenvalue weighted by Crippen LogP contribution is -2.51. The molecule has 8 nitrogen and oxygen atoms in total. The molecule has 8 heteroatoms. The van der Waals surface area contributed by atoms with Gasteiger partial charge in [0.15, 0.2) is 11.6 Å². The molecule has 7 rings (SSSR count). The number of ketones is 2. The number of nitro groups is 1. The largest absolute Gasteiger partial charge is 0.352 e. The molecule has 3 aliphatic rings. The lowest BCUT2D eigenvalue weighted by molar-refractivity contribution is -0.384. The standard InChI is InChI=1S/C33H23N3O5/c37-30(21-10-2-1-3-11-21)28-29(31(38)22-12-8-13-23(19-22)36(40)41)35-26-16-7-4-9-20(26)17-18-27(35)33(28)24-14-5-6-15-25(24)34-32(33)39/h1-19,27-29H,(H,34,39)/t27-,28-,29+,33+/m1/s1. The summed E-state index contributed by atoms with van der Waals surface area (Å²) in [5.41, 5.74) is 1.61. The van der Waals surface area contributed by atoms with Crippen LogP contribution < -0.4 is 10.2 Å². The first-order valence-corrected chi connectivity index (χ1v) is 13.3. The van der Waals surface area contributed by atoms with Crippen LogP contribution in [0.15, 0.2) is 109 Å². The highest BCUT2D eigenvalue weighted by Crippen LogP contribution is 2.58. The summed E-state index contributed by atoms with van der Waals surface area (Å²) in [6.07, 6.45) is 3.83. The van der Waals surface area contributed by atoms with E-state index in [-0.39, 0.29) is 22.9 Å². The van der Waals surface area contributed by atoms with Gasteiger partial charge in [0.25, 0.3) is 5.69 Å². The van der Waals surface area contributed by atoms with E-state index in [4.69, 9.17) is 0 Å². The van der Waals surface area contributed by atoms with Crippen molar-refractivity contribution < 1.29 is 19.3 Å². The molecule has 1 saturated heterocycles. The monoisotopic (exact) mass is 541 g/mol. The molecule has 1 fully saturated rings. The van der Waals surface area contributed by atoms with Crippen molar-refractivity contribution in [2.24, 2.45) is 5.92 Å². The molecule has 41 heavy (non-hydrogen) atoms. The van der Waals surface area contributed by atoms with E-state index < -0.39 is 34.1 Å². The number of nitrogens with zero attached hydrogens (tertiary/aromatic N) is 2. The first-order valence-electron chi connectivity index (χ1n) is 13.3. The van der Waals surface area contributed by atoms with Crippen LogP contribution in [0.3, 0.4) is 0 Å². The summed E-state index contributed by atoms with van der Waals surface area (Å²) in [6.45, 7) is 0. The first-order chi connectivity index (χ1) is 19.9. The molecule has 0 unspecified atom stereocenters. The third-order valence-electron chi connectivity index (χ3n) is 8.49. The van der Waals surface area contributed by atoms with Crippen LogP contribution in [0.2, 0.25) is 0 Å². The maximum absolute atomic E-state index is 14.6. The molecule has 0 aromatic heterocycles. The van der Waals surface area contributed by atoms with Gasteiger partial charge in [-0.2, -0.15) is 0 Å². The van der Waals surface area contributed by atoms with Crippen LogP contribution in [0.5, 0.6) is 0 Å². The number of Topliss-reactive ketones (excluding diaryl/α,β-unsaturated/α-hetero) is 2. The summed E-state index contributed by atoms with van der Waals surface area (Å²) in [5.74, 6) is -2.31. The summed E-state index contributed by atoms with van der Waals surface area (Å²) in [7, 11) is 0. The van der Waals surface area contributed by atoms with E-state index >= 15 is 0 Å². The predicted octanol–water partition coefficient (Wildman–Crippen LogP) is 5.45. The minimum Gasteiger partial charge on any atom is -0.352 e. The van der Waals surface area contributed by atoms with Crippen molar-refractivity contribution in [1.29, 1.82) is 0 Å². The quantitative estimate of drug-likeness (QED) is 0.204. The number of benzene rings is 4. The van der Waals surface area contributed by atoms with Crippen molar-refractivity contribution in [1.82, 2.24) is 0 Å². The Morgan fingerprint density at radius 2 is 1.54 bits per heavy atom. The van der Waals surface area contributed by atoms with Gasteiger partial charge in [0.2, 0.25) is 5.91 Å². The molecule has 4 aromatic rings. The normalized spacial score (nSPS) is 23.5. The average Bonchev–Trinajstić information content (AvgIpc) is 3.49. The average molecular weight is 542 g/mol. The van der Waals surface area contributed by atoms with E-state index in [0.717, 1.165) is 5.56 Å². The van der Waals surface area contributed by atoms with Gasteiger partial charge in [-0.05, 0) is 23.3 Å². The fourth-order valence-electron chi connectivity index (χ4n) is 6.85. The highest BCUT2D eigenvalue weighted by atomic mass is 16.6. The third-order valence-corrected chi connectivity index (χ3v) is 8.49. The molecule has 0 saturated carbocycles. The number of carbonyl (C=O) groups is 3. The number of non-ortho nitro benzene ring substituents is 1. The number of carbonyl (C=O) groups excluding carboxylic acids is 3.